The number of benzene rings is 2. The summed E-state index contributed by atoms with van der Waals surface area (Å²) < 4.78 is 1.02. The SMILES string of the molecule is CC(C)(C)CC(C)(C)N=C(C#Cc1ccccc1)c1ccccc1Br. The third-order valence-electron chi connectivity index (χ3n) is 3.61. The fourth-order valence-corrected chi connectivity index (χ4v) is 3.57. The van der Waals surface area contributed by atoms with Crippen LogP contribution in [0, 0.1) is 17.3 Å². The van der Waals surface area contributed by atoms with Gasteiger partial charge in [0.15, 0.2) is 0 Å². The van der Waals surface area contributed by atoms with Gasteiger partial charge >= 0.3 is 0 Å². The first-order chi connectivity index (χ1) is 11.7. The molecule has 0 fully saturated rings. The van der Waals surface area contributed by atoms with Crippen molar-refractivity contribution in [1.82, 2.24) is 0 Å². The first-order valence-corrected chi connectivity index (χ1v) is 9.37. The molecule has 0 atom stereocenters. The van der Waals surface area contributed by atoms with Gasteiger partial charge in [-0.3, -0.25) is 4.99 Å². The summed E-state index contributed by atoms with van der Waals surface area (Å²) in [4.78, 5) is 5.05. The molecule has 0 aliphatic heterocycles. The maximum atomic E-state index is 5.05. The van der Waals surface area contributed by atoms with Crippen LogP contribution in [0.3, 0.4) is 0 Å². The Morgan fingerprint density at radius 1 is 0.920 bits per heavy atom. The van der Waals surface area contributed by atoms with Crippen molar-refractivity contribution in [2.24, 2.45) is 10.4 Å². The summed E-state index contributed by atoms with van der Waals surface area (Å²) in [6.45, 7) is 11.1. The standard InChI is InChI=1S/C23H26BrN/c1-22(2,3)17-23(4,5)25-21(19-13-9-10-14-20(19)24)16-15-18-11-7-6-8-12-18/h6-14H,17H2,1-5H3. The van der Waals surface area contributed by atoms with Crippen molar-refractivity contribution >= 4 is 21.6 Å². The third-order valence-corrected chi connectivity index (χ3v) is 4.30. The van der Waals surface area contributed by atoms with E-state index in [0.29, 0.717) is 0 Å². The predicted molar refractivity (Wildman–Crippen MR) is 112 cm³/mol. The Morgan fingerprint density at radius 3 is 2.12 bits per heavy atom. The summed E-state index contributed by atoms with van der Waals surface area (Å²) in [5, 5.41) is 0. The molecular formula is C23H26BrN. The number of halogens is 1. The Bertz CT molecular complexity index is 799. The van der Waals surface area contributed by atoms with Gasteiger partial charge in [0.25, 0.3) is 0 Å². The average Bonchev–Trinajstić information content (AvgIpc) is 2.50. The van der Waals surface area contributed by atoms with E-state index in [-0.39, 0.29) is 11.0 Å². The molecule has 0 bridgehead atoms. The lowest BCUT2D eigenvalue weighted by atomic mass is 9.82. The zero-order valence-electron chi connectivity index (χ0n) is 15.7. The molecule has 0 aromatic heterocycles. The average molecular weight is 396 g/mol. The molecule has 0 aliphatic rings. The Labute approximate surface area is 160 Å². The Kier molecular flexibility index (Phi) is 6.25. The molecule has 1 nitrogen and oxygen atoms in total. The van der Waals surface area contributed by atoms with Gasteiger partial charge in [-0.2, -0.15) is 0 Å². The summed E-state index contributed by atoms with van der Waals surface area (Å²) in [7, 11) is 0. The molecule has 0 heterocycles. The lowest BCUT2D eigenvalue weighted by Crippen LogP contribution is -2.26. The van der Waals surface area contributed by atoms with Crippen LogP contribution in [0.15, 0.2) is 64.1 Å². The molecular weight excluding hydrogens is 370 g/mol. The van der Waals surface area contributed by atoms with Gasteiger partial charge in [0.1, 0.15) is 5.71 Å². The summed E-state index contributed by atoms with van der Waals surface area (Å²) in [5.74, 6) is 6.56. The molecule has 2 heteroatoms. The van der Waals surface area contributed by atoms with Crippen LogP contribution in [0.5, 0.6) is 0 Å². The lowest BCUT2D eigenvalue weighted by molar-refractivity contribution is 0.288. The summed E-state index contributed by atoms with van der Waals surface area (Å²) in [6.07, 6.45) is 0.987. The van der Waals surface area contributed by atoms with Crippen LogP contribution in [0.2, 0.25) is 0 Å². The molecule has 0 radical (unpaired) electrons. The number of nitrogens with zero attached hydrogens (tertiary/aromatic N) is 1. The van der Waals surface area contributed by atoms with Crippen molar-refractivity contribution in [1.29, 1.82) is 0 Å². The third kappa shape index (κ3) is 6.52. The van der Waals surface area contributed by atoms with E-state index >= 15 is 0 Å². The van der Waals surface area contributed by atoms with E-state index in [1.807, 2.05) is 48.5 Å². The summed E-state index contributed by atoms with van der Waals surface area (Å²) >= 11 is 3.64. The van der Waals surface area contributed by atoms with Gasteiger partial charge < -0.3 is 0 Å². The first-order valence-electron chi connectivity index (χ1n) is 8.58. The molecule has 2 aromatic carbocycles. The molecule has 2 rings (SSSR count). The lowest BCUT2D eigenvalue weighted by Gasteiger charge is -2.29. The highest BCUT2D eigenvalue weighted by Crippen LogP contribution is 2.30. The molecule has 0 unspecified atom stereocenters. The first kappa shape index (κ1) is 19.5. The number of hydrogen-bond acceptors (Lipinski definition) is 1. The molecule has 25 heavy (non-hydrogen) atoms. The van der Waals surface area contributed by atoms with E-state index in [9.17, 15) is 0 Å². The molecule has 2 aromatic rings. The topological polar surface area (TPSA) is 12.4 Å². The zero-order valence-corrected chi connectivity index (χ0v) is 17.3. The van der Waals surface area contributed by atoms with Crippen molar-refractivity contribution in [3.05, 3.63) is 70.2 Å². The quantitative estimate of drug-likeness (QED) is 0.415. The van der Waals surface area contributed by atoms with Crippen LogP contribution in [-0.4, -0.2) is 11.3 Å². The van der Waals surface area contributed by atoms with E-state index in [1.165, 1.54) is 0 Å². The zero-order chi connectivity index (χ0) is 18.5. The highest BCUT2D eigenvalue weighted by Gasteiger charge is 2.25. The monoisotopic (exact) mass is 395 g/mol. The van der Waals surface area contributed by atoms with Crippen LogP contribution in [0.25, 0.3) is 0 Å². The largest absolute Gasteiger partial charge is 0.270 e. The van der Waals surface area contributed by atoms with Gasteiger partial charge in [0.2, 0.25) is 0 Å². The van der Waals surface area contributed by atoms with Crippen LogP contribution in [0.4, 0.5) is 0 Å². The minimum absolute atomic E-state index is 0.186. The van der Waals surface area contributed by atoms with Crippen molar-refractivity contribution in [2.45, 2.75) is 46.6 Å². The van der Waals surface area contributed by atoms with Crippen molar-refractivity contribution in [2.75, 3.05) is 0 Å². The van der Waals surface area contributed by atoms with Gasteiger partial charge in [0, 0.05) is 15.6 Å². The van der Waals surface area contributed by atoms with E-state index in [4.69, 9.17) is 4.99 Å². The normalized spacial score (nSPS) is 12.5. The van der Waals surface area contributed by atoms with Gasteiger partial charge in [-0.1, -0.05) is 79.0 Å². The van der Waals surface area contributed by atoms with Crippen molar-refractivity contribution in [3.8, 4) is 11.8 Å². The summed E-state index contributed by atoms with van der Waals surface area (Å²) in [5.41, 5.74) is 2.88. The number of rotatable bonds is 3. The van der Waals surface area contributed by atoms with E-state index in [0.717, 1.165) is 27.7 Å². The Morgan fingerprint density at radius 2 is 1.52 bits per heavy atom. The minimum Gasteiger partial charge on any atom is -0.270 e. The Hall–Kier alpha value is -1.85. The van der Waals surface area contributed by atoms with E-state index < -0.39 is 0 Å². The van der Waals surface area contributed by atoms with E-state index in [2.05, 4.69) is 68.5 Å². The maximum Gasteiger partial charge on any atom is 0.116 e. The molecule has 0 amide bonds. The highest BCUT2D eigenvalue weighted by molar-refractivity contribution is 9.10. The second kappa shape index (κ2) is 8.02. The summed E-state index contributed by atoms with van der Waals surface area (Å²) in [6, 6.07) is 18.2. The molecule has 0 saturated carbocycles. The van der Waals surface area contributed by atoms with Gasteiger partial charge in [-0.15, -0.1) is 0 Å². The van der Waals surface area contributed by atoms with Gasteiger partial charge in [-0.25, -0.2) is 0 Å². The Balaban J connectivity index is 2.48. The fourth-order valence-electron chi connectivity index (χ4n) is 3.10. The second-order valence-electron chi connectivity index (χ2n) is 8.11. The van der Waals surface area contributed by atoms with Gasteiger partial charge in [0.05, 0.1) is 5.54 Å². The number of hydrogen-bond donors (Lipinski definition) is 0. The predicted octanol–water partition coefficient (Wildman–Crippen LogP) is 6.50. The van der Waals surface area contributed by atoms with E-state index in [1.54, 1.807) is 0 Å². The van der Waals surface area contributed by atoms with Crippen LogP contribution in [-0.2, 0) is 0 Å². The van der Waals surface area contributed by atoms with Crippen molar-refractivity contribution in [3.63, 3.8) is 0 Å². The molecule has 0 aliphatic carbocycles. The minimum atomic E-state index is -0.186. The molecule has 0 saturated heterocycles. The number of aliphatic imine (C=N–C) groups is 1. The highest BCUT2D eigenvalue weighted by atomic mass is 79.9. The molecule has 0 N–H and O–H groups in total. The maximum absolute atomic E-state index is 5.05. The molecule has 130 valence electrons. The van der Waals surface area contributed by atoms with Crippen LogP contribution in [0.1, 0.15) is 52.2 Å². The second-order valence-corrected chi connectivity index (χ2v) is 8.96. The van der Waals surface area contributed by atoms with Crippen LogP contribution >= 0.6 is 15.9 Å². The van der Waals surface area contributed by atoms with Gasteiger partial charge in [-0.05, 0) is 49.8 Å². The van der Waals surface area contributed by atoms with Crippen molar-refractivity contribution < 1.29 is 0 Å². The smallest absolute Gasteiger partial charge is 0.116 e. The molecule has 0 spiro atoms. The van der Waals surface area contributed by atoms with Crippen LogP contribution < -0.4 is 0 Å². The fraction of sp³-hybridized carbons (Fsp3) is 0.348.